The minimum atomic E-state index is 0.773. The van der Waals surface area contributed by atoms with E-state index in [4.69, 9.17) is 11.6 Å². The molecule has 65 valence electrons. The first kappa shape index (κ1) is 9.34. The van der Waals surface area contributed by atoms with Gasteiger partial charge in [0.25, 0.3) is 0 Å². The van der Waals surface area contributed by atoms with Gasteiger partial charge in [0.1, 0.15) is 0 Å². The predicted octanol–water partition coefficient (Wildman–Crippen LogP) is 2.16. The van der Waals surface area contributed by atoms with Gasteiger partial charge in [-0.1, -0.05) is 13.3 Å². The van der Waals surface area contributed by atoms with Crippen LogP contribution in [-0.4, -0.2) is 30.4 Å². The molecule has 0 spiro atoms. The fraction of sp³-hybridized carbons (Fsp3) is 0.889. The number of piperidine rings is 1. The molecule has 0 saturated carbocycles. The average Bonchev–Trinajstić information content (AvgIpc) is 2.07. The molecule has 0 aromatic carbocycles. The lowest BCUT2D eigenvalue weighted by atomic mass is 9.94. The summed E-state index contributed by atoms with van der Waals surface area (Å²) in [5.74, 6) is 1.65. The van der Waals surface area contributed by atoms with Gasteiger partial charge in [0.05, 0.1) is 0 Å². The molecule has 1 rings (SSSR count). The molecule has 2 heteroatoms. The molecule has 1 heterocycles. The Labute approximate surface area is 74.7 Å². The molecule has 0 unspecified atom stereocenters. The number of rotatable bonds is 3. The Balaban J connectivity index is 2.14. The van der Waals surface area contributed by atoms with Gasteiger partial charge < -0.3 is 4.90 Å². The summed E-state index contributed by atoms with van der Waals surface area (Å²) in [6.45, 7) is 7.45. The van der Waals surface area contributed by atoms with Crippen molar-refractivity contribution in [3.8, 4) is 0 Å². The van der Waals surface area contributed by atoms with Crippen LogP contribution in [0.25, 0.3) is 0 Å². The molecule has 0 aliphatic carbocycles. The highest BCUT2D eigenvalue weighted by molar-refractivity contribution is 6.18. The maximum absolute atomic E-state index is 5.65. The van der Waals surface area contributed by atoms with E-state index in [0.717, 1.165) is 24.8 Å². The highest BCUT2D eigenvalue weighted by Gasteiger charge is 2.16. The SMILES string of the molecule is [CH2]CC1CCN(CCCl)CC1. The van der Waals surface area contributed by atoms with E-state index in [1.54, 1.807) is 0 Å². The fourth-order valence-corrected chi connectivity index (χ4v) is 1.86. The average molecular weight is 175 g/mol. The highest BCUT2D eigenvalue weighted by atomic mass is 35.5. The van der Waals surface area contributed by atoms with Crippen molar-refractivity contribution in [1.82, 2.24) is 4.90 Å². The van der Waals surface area contributed by atoms with Crippen LogP contribution in [0, 0.1) is 12.8 Å². The van der Waals surface area contributed by atoms with E-state index in [9.17, 15) is 0 Å². The van der Waals surface area contributed by atoms with Crippen molar-refractivity contribution in [3.05, 3.63) is 6.92 Å². The number of nitrogens with zero attached hydrogens (tertiary/aromatic N) is 1. The summed E-state index contributed by atoms with van der Waals surface area (Å²) in [5.41, 5.74) is 0. The van der Waals surface area contributed by atoms with Crippen LogP contribution in [-0.2, 0) is 0 Å². The molecular weight excluding hydrogens is 158 g/mol. The van der Waals surface area contributed by atoms with Gasteiger partial charge >= 0.3 is 0 Å². The molecule has 0 bridgehead atoms. The predicted molar refractivity (Wildman–Crippen MR) is 49.9 cm³/mol. The number of likely N-dealkylation sites (tertiary alicyclic amines) is 1. The van der Waals surface area contributed by atoms with Crippen LogP contribution >= 0.6 is 11.6 Å². The minimum absolute atomic E-state index is 0.773. The molecule has 0 atom stereocenters. The van der Waals surface area contributed by atoms with Crippen LogP contribution in [0.15, 0.2) is 0 Å². The van der Waals surface area contributed by atoms with Crippen molar-refractivity contribution in [1.29, 1.82) is 0 Å². The fourth-order valence-electron chi connectivity index (χ4n) is 1.62. The lowest BCUT2D eigenvalue weighted by molar-refractivity contribution is 0.194. The summed E-state index contributed by atoms with van der Waals surface area (Å²) in [6.07, 6.45) is 3.75. The monoisotopic (exact) mass is 174 g/mol. The molecule has 11 heavy (non-hydrogen) atoms. The molecule has 1 aliphatic rings. The first-order chi connectivity index (χ1) is 5.36. The number of hydrogen-bond acceptors (Lipinski definition) is 1. The van der Waals surface area contributed by atoms with Crippen LogP contribution in [0.5, 0.6) is 0 Å². The molecule has 1 fully saturated rings. The number of alkyl halides is 1. The largest absolute Gasteiger partial charge is 0.302 e. The van der Waals surface area contributed by atoms with Gasteiger partial charge in [0, 0.05) is 12.4 Å². The summed E-state index contributed by atoms with van der Waals surface area (Å²) in [7, 11) is 0. The van der Waals surface area contributed by atoms with Crippen molar-refractivity contribution in [3.63, 3.8) is 0 Å². The summed E-state index contributed by atoms with van der Waals surface area (Å²) >= 11 is 5.65. The first-order valence-corrected chi connectivity index (χ1v) is 4.98. The quantitative estimate of drug-likeness (QED) is 0.593. The van der Waals surface area contributed by atoms with E-state index in [1.807, 2.05) is 0 Å². The minimum Gasteiger partial charge on any atom is -0.302 e. The Kier molecular flexibility index (Phi) is 4.24. The second-order valence-electron chi connectivity index (χ2n) is 3.26. The van der Waals surface area contributed by atoms with Gasteiger partial charge in [-0.2, -0.15) is 0 Å². The van der Waals surface area contributed by atoms with Crippen LogP contribution in [0.1, 0.15) is 19.3 Å². The van der Waals surface area contributed by atoms with Gasteiger partial charge in [0.2, 0.25) is 0 Å². The van der Waals surface area contributed by atoms with Crippen molar-refractivity contribution >= 4 is 11.6 Å². The Bertz CT molecular complexity index is 97.7. The van der Waals surface area contributed by atoms with Gasteiger partial charge in [-0.05, 0) is 31.8 Å². The molecule has 1 aliphatic heterocycles. The van der Waals surface area contributed by atoms with Crippen molar-refractivity contribution in [2.75, 3.05) is 25.5 Å². The standard InChI is InChI=1S/C9H17ClN/c1-2-9-3-6-11(7-4-9)8-5-10/h9H,1-8H2. The molecule has 0 aromatic rings. The lowest BCUT2D eigenvalue weighted by Gasteiger charge is -2.30. The molecule has 0 N–H and O–H groups in total. The van der Waals surface area contributed by atoms with Crippen LogP contribution in [0.4, 0.5) is 0 Å². The van der Waals surface area contributed by atoms with Gasteiger partial charge in [-0.15, -0.1) is 11.6 Å². The molecule has 1 saturated heterocycles. The summed E-state index contributed by atoms with van der Waals surface area (Å²) in [4.78, 5) is 2.44. The Morgan fingerprint density at radius 2 is 2.00 bits per heavy atom. The third-order valence-corrected chi connectivity index (χ3v) is 2.69. The highest BCUT2D eigenvalue weighted by Crippen LogP contribution is 2.19. The Hall–Kier alpha value is 0.250. The van der Waals surface area contributed by atoms with Crippen LogP contribution in [0.3, 0.4) is 0 Å². The van der Waals surface area contributed by atoms with Gasteiger partial charge in [-0.3, -0.25) is 0 Å². The number of hydrogen-bond donors (Lipinski definition) is 0. The summed E-state index contributed by atoms with van der Waals surface area (Å²) < 4.78 is 0. The molecule has 0 aromatic heterocycles. The zero-order valence-electron chi connectivity index (χ0n) is 7.06. The molecule has 0 amide bonds. The second kappa shape index (κ2) is 5.00. The zero-order chi connectivity index (χ0) is 8.10. The third kappa shape index (κ3) is 3.00. The topological polar surface area (TPSA) is 3.24 Å². The first-order valence-electron chi connectivity index (χ1n) is 4.44. The summed E-state index contributed by atoms with van der Waals surface area (Å²) in [6, 6.07) is 0. The maximum atomic E-state index is 5.65. The van der Waals surface area contributed by atoms with Crippen molar-refractivity contribution in [2.45, 2.75) is 19.3 Å². The van der Waals surface area contributed by atoms with E-state index in [1.165, 1.54) is 25.9 Å². The van der Waals surface area contributed by atoms with Crippen molar-refractivity contribution < 1.29 is 0 Å². The van der Waals surface area contributed by atoms with Crippen molar-refractivity contribution in [2.24, 2.45) is 5.92 Å². The van der Waals surface area contributed by atoms with Crippen LogP contribution in [0.2, 0.25) is 0 Å². The normalized spacial score (nSPS) is 22.4. The molecule has 1 nitrogen and oxygen atoms in total. The van der Waals surface area contributed by atoms with E-state index < -0.39 is 0 Å². The Morgan fingerprint density at radius 1 is 1.36 bits per heavy atom. The second-order valence-corrected chi connectivity index (χ2v) is 3.64. The van der Waals surface area contributed by atoms with E-state index in [0.29, 0.717) is 0 Å². The van der Waals surface area contributed by atoms with E-state index in [2.05, 4.69) is 11.8 Å². The zero-order valence-corrected chi connectivity index (χ0v) is 7.82. The Morgan fingerprint density at radius 3 is 2.45 bits per heavy atom. The summed E-state index contributed by atoms with van der Waals surface area (Å²) in [5, 5.41) is 0. The maximum Gasteiger partial charge on any atom is 0.0351 e. The van der Waals surface area contributed by atoms with E-state index in [-0.39, 0.29) is 0 Å². The molecule has 1 radical (unpaired) electrons. The van der Waals surface area contributed by atoms with Crippen LogP contribution < -0.4 is 0 Å². The van der Waals surface area contributed by atoms with Gasteiger partial charge in [0.15, 0.2) is 0 Å². The molecular formula is C9H17ClN. The number of halogens is 1. The van der Waals surface area contributed by atoms with E-state index >= 15 is 0 Å². The smallest absolute Gasteiger partial charge is 0.0351 e. The third-order valence-electron chi connectivity index (χ3n) is 2.52. The van der Waals surface area contributed by atoms with Gasteiger partial charge in [-0.25, -0.2) is 0 Å². The lowest BCUT2D eigenvalue weighted by Crippen LogP contribution is -2.34.